The number of hydrogen-bond acceptors (Lipinski definition) is 1. The summed E-state index contributed by atoms with van der Waals surface area (Å²) in [7, 11) is 0. The molecule has 2 aromatic carbocycles. The summed E-state index contributed by atoms with van der Waals surface area (Å²) in [6.07, 6.45) is 0. The van der Waals surface area contributed by atoms with Crippen molar-refractivity contribution in [1.82, 2.24) is 5.32 Å². The Labute approximate surface area is 122 Å². The smallest absolute Gasteiger partial charge is 0.134 e. The van der Waals surface area contributed by atoms with Crippen LogP contribution in [0.4, 0.5) is 13.2 Å². The summed E-state index contributed by atoms with van der Waals surface area (Å²) in [5, 5.41) is 3.10. The third-order valence-electron chi connectivity index (χ3n) is 3.57. The third-order valence-corrected chi connectivity index (χ3v) is 3.57. The maximum Gasteiger partial charge on any atom is 0.134 e. The fourth-order valence-electron chi connectivity index (χ4n) is 2.66. The Hall–Kier alpha value is -1.81. The zero-order valence-electron chi connectivity index (χ0n) is 12.3. The van der Waals surface area contributed by atoms with Crippen molar-refractivity contribution in [2.75, 3.05) is 6.54 Å². The van der Waals surface area contributed by atoms with Crippen molar-refractivity contribution in [2.45, 2.75) is 26.8 Å². The SMILES string of the molecule is CCNC(c1c(C)cccc1C)c1c(F)cc(F)cc1F. The Morgan fingerprint density at radius 3 is 1.95 bits per heavy atom. The molecule has 0 amide bonds. The molecule has 0 saturated heterocycles. The monoisotopic (exact) mass is 293 g/mol. The highest BCUT2D eigenvalue weighted by molar-refractivity contribution is 5.42. The van der Waals surface area contributed by atoms with Crippen molar-refractivity contribution in [3.05, 3.63) is 70.0 Å². The quantitative estimate of drug-likeness (QED) is 0.880. The lowest BCUT2D eigenvalue weighted by Crippen LogP contribution is -2.26. The van der Waals surface area contributed by atoms with Gasteiger partial charge in [-0.25, -0.2) is 13.2 Å². The Kier molecular flexibility index (Phi) is 4.68. The highest BCUT2D eigenvalue weighted by Gasteiger charge is 2.24. The summed E-state index contributed by atoms with van der Waals surface area (Å²) in [6.45, 7) is 6.19. The number of halogens is 3. The van der Waals surface area contributed by atoms with Gasteiger partial charge in [0.2, 0.25) is 0 Å². The van der Waals surface area contributed by atoms with E-state index in [9.17, 15) is 13.2 Å². The van der Waals surface area contributed by atoms with E-state index in [1.165, 1.54) is 0 Å². The number of hydrogen-bond donors (Lipinski definition) is 1. The van der Waals surface area contributed by atoms with E-state index < -0.39 is 23.5 Å². The van der Waals surface area contributed by atoms with Crippen LogP contribution in [0, 0.1) is 31.3 Å². The molecule has 0 aliphatic heterocycles. The van der Waals surface area contributed by atoms with Gasteiger partial charge < -0.3 is 5.32 Å². The maximum absolute atomic E-state index is 14.1. The Bertz CT molecular complexity index is 609. The van der Waals surface area contributed by atoms with Gasteiger partial charge in [0.25, 0.3) is 0 Å². The lowest BCUT2D eigenvalue weighted by atomic mass is 9.90. The average Bonchev–Trinajstić information content (AvgIpc) is 2.37. The highest BCUT2D eigenvalue weighted by atomic mass is 19.1. The lowest BCUT2D eigenvalue weighted by molar-refractivity contribution is 0.490. The molecule has 0 aromatic heterocycles. The van der Waals surface area contributed by atoms with Crippen LogP contribution in [0.25, 0.3) is 0 Å². The molecule has 112 valence electrons. The predicted molar refractivity (Wildman–Crippen MR) is 77.8 cm³/mol. The predicted octanol–water partition coefficient (Wildman–Crippen LogP) is 4.42. The molecule has 21 heavy (non-hydrogen) atoms. The molecule has 4 heteroatoms. The molecule has 0 aliphatic rings. The van der Waals surface area contributed by atoms with Crippen LogP contribution >= 0.6 is 0 Å². The number of aryl methyl sites for hydroxylation is 2. The van der Waals surface area contributed by atoms with Gasteiger partial charge in [0.05, 0.1) is 6.04 Å². The van der Waals surface area contributed by atoms with Gasteiger partial charge in [0, 0.05) is 17.7 Å². The van der Waals surface area contributed by atoms with E-state index in [1.807, 2.05) is 39.0 Å². The zero-order valence-corrected chi connectivity index (χ0v) is 12.3. The second kappa shape index (κ2) is 6.31. The van der Waals surface area contributed by atoms with Crippen LogP contribution in [0.3, 0.4) is 0 Å². The molecule has 1 unspecified atom stereocenters. The van der Waals surface area contributed by atoms with Crippen molar-refractivity contribution >= 4 is 0 Å². The molecular weight excluding hydrogens is 275 g/mol. The van der Waals surface area contributed by atoms with Crippen LogP contribution in [-0.2, 0) is 0 Å². The molecule has 0 heterocycles. The Morgan fingerprint density at radius 2 is 1.48 bits per heavy atom. The molecule has 0 fully saturated rings. The first-order valence-electron chi connectivity index (χ1n) is 6.89. The van der Waals surface area contributed by atoms with Crippen LogP contribution in [0.15, 0.2) is 30.3 Å². The van der Waals surface area contributed by atoms with E-state index in [1.54, 1.807) is 0 Å². The van der Waals surface area contributed by atoms with E-state index in [2.05, 4.69) is 5.32 Å². The largest absolute Gasteiger partial charge is 0.306 e. The van der Waals surface area contributed by atoms with Gasteiger partial charge in [-0.15, -0.1) is 0 Å². The molecule has 2 aromatic rings. The minimum absolute atomic E-state index is 0.143. The Morgan fingerprint density at radius 1 is 0.952 bits per heavy atom. The van der Waals surface area contributed by atoms with Crippen molar-refractivity contribution < 1.29 is 13.2 Å². The van der Waals surface area contributed by atoms with E-state index in [-0.39, 0.29) is 5.56 Å². The van der Waals surface area contributed by atoms with Gasteiger partial charge in [0.15, 0.2) is 0 Å². The molecule has 0 bridgehead atoms. The summed E-state index contributed by atoms with van der Waals surface area (Å²) >= 11 is 0. The molecule has 1 nitrogen and oxygen atoms in total. The molecule has 1 N–H and O–H groups in total. The molecule has 2 rings (SSSR count). The van der Waals surface area contributed by atoms with Crippen LogP contribution in [0.2, 0.25) is 0 Å². The number of benzene rings is 2. The Balaban J connectivity index is 2.65. The minimum atomic E-state index is -0.912. The topological polar surface area (TPSA) is 12.0 Å². The first kappa shape index (κ1) is 15.6. The van der Waals surface area contributed by atoms with Gasteiger partial charge in [-0.3, -0.25) is 0 Å². The van der Waals surface area contributed by atoms with E-state index >= 15 is 0 Å². The average molecular weight is 293 g/mol. The summed E-state index contributed by atoms with van der Waals surface area (Å²) < 4.78 is 41.3. The van der Waals surface area contributed by atoms with Crippen LogP contribution in [0.5, 0.6) is 0 Å². The molecule has 0 radical (unpaired) electrons. The normalized spacial score (nSPS) is 12.5. The number of rotatable bonds is 4. The minimum Gasteiger partial charge on any atom is -0.306 e. The molecule has 0 saturated carbocycles. The van der Waals surface area contributed by atoms with E-state index in [0.29, 0.717) is 6.54 Å². The summed E-state index contributed by atoms with van der Waals surface area (Å²) in [5.41, 5.74) is 2.55. The molecular formula is C17H18F3N. The third kappa shape index (κ3) is 3.10. The van der Waals surface area contributed by atoms with Gasteiger partial charge in [-0.2, -0.15) is 0 Å². The van der Waals surface area contributed by atoms with Crippen molar-refractivity contribution in [2.24, 2.45) is 0 Å². The van der Waals surface area contributed by atoms with Gasteiger partial charge in [0.1, 0.15) is 17.5 Å². The van der Waals surface area contributed by atoms with Crippen LogP contribution in [0.1, 0.15) is 35.2 Å². The van der Waals surface area contributed by atoms with Gasteiger partial charge in [-0.05, 0) is 37.1 Å². The summed E-state index contributed by atoms with van der Waals surface area (Å²) in [4.78, 5) is 0. The van der Waals surface area contributed by atoms with Crippen LogP contribution < -0.4 is 5.32 Å². The molecule has 0 aliphatic carbocycles. The second-order valence-corrected chi connectivity index (χ2v) is 5.08. The first-order chi connectivity index (χ1) is 9.95. The van der Waals surface area contributed by atoms with E-state index in [4.69, 9.17) is 0 Å². The number of nitrogens with one attached hydrogen (secondary N) is 1. The fraction of sp³-hybridized carbons (Fsp3) is 0.294. The molecule has 1 atom stereocenters. The highest BCUT2D eigenvalue weighted by Crippen LogP contribution is 2.31. The van der Waals surface area contributed by atoms with Gasteiger partial charge >= 0.3 is 0 Å². The van der Waals surface area contributed by atoms with Crippen molar-refractivity contribution in [3.63, 3.8) is 0 Å². The lowest BCUT2D eigenvalue weighted by Gasteiger charge is -2.24. The van der Waals surface area contributed by atoms with Gasteiger partial charge in [-0.1, -0.05) is 25.1 Å². The van der Waals surface area contributed by atoms with Crippen LogP contribution in [-0.4, -0.2) is 6.54 Å². The maximum atomic E-state index is 14.1. The molecule has 0 spiro atoms. The fourth-order valence-corrected chi connectivity index (χ4v) is 2.66. The van der Waals surface area contributed by atoms with E-state index in [0.717, 1.165) is 28.8 Å². The standard InChI is InChI=1S/C17H18F3N/c1-4-21-17(15-10(2)6-5-7-11(15)3)16-13(19)8-12(18)9-14(16)20/h5-9,17,21H,4H2,1-3H3. The summed E-state index contributed by atoms with van der Waals surface area (Å²) in [5.74, 6) is -2.66. The van der Waals surface area contributed by atoms with Crippen molar-refractivity contribution in [3.8, 4) is 0 Å². The summed E-state index contributed by atoms with van der Waals surface area (Å²) in [6, 6.07) is 6.48. The second-order valence-electron chi connectivity index (χ2n) is 5.08. The van der Waals surface area contributed by atoms with Crippen molar-refractivity contribution in [1.29, 1.82) is 0 Å². The zero-order chi connectivity index (χ0) is 15.6. The first-order valence-corrected chi connectivity index (χ1v) is 6.89.